The van der Waals surface area contributed by atoms with Gasteiger partial charge in [-0.1, -0.05) is 32.1 Å². The number of rotatable bonds is 2. The van der Waals surface area contributed by atoms with Gasteiger partial charge in [0, 0.05) is 12.0 Å². The lowest BCUT2D eigenvalue weighted by Gasteiger charge is -2.56. The Morgan fingerprint density at radius 1 is 1.23 bits per heavy atom. The Morgan fingerprint density at radius 2 is 2.09 bits per heavy atom. The molecule has 4 rings (SSSR count). The first-order valence-electron chi connectivity index (χ1n) is 9.17. The monoisotopic (exact) mass is 302 g/mol. The minimum atomic E-state index is 0.230. The first-order chi connectivity index (χ1) is 10.6. The predicted octanol–water partition coefficient (Wildman–Crippen LogP) is 3.96. The fraction of sp³-hybridized carbons (Fsp3) is 0.800. The second-order valence-corrected chi connectivity index (χ2v) is 8.57. The quantitative estimate of drug-likeness (QED) is 0.836. The van der Waals surface area contributed by atoms with E-state index in [1.807, 2.05) is 0 Å². The van der Waals surface area contributed by atoms with E-state index in [4.69, 9.17) is 4.74 Å². The standard InChI is InChI=1S/C20H30O2/c1-19-10-7-18-16(17(19)6-4-14(19)8-11-21)5-3-15-9-12-22-13-20(15,18)2/h3,5,9,14,16-18,21H,4,6-8,10-13H2,1-2H3/t14-,16+,17+,18+,19-,20+/m1/s1. The lowest BCUT2D eigenvalue weighted by atomic mass is 9.50. The van der Waals surface area contributed by atoms with Gasteiger partial charge in [0.1, 0.15) is 0 Å². The molecule has 1 heterocycles. The molecule has 0 bridgehead atoms. The summed E-state index contributed by atoms with van der Waals surface area (Å²) in [6.45, 7) is 6.98. The first kappa shape index (κ1) is 15.0. The zero-order valence-corrected chi connectivity index (χ0v) is 14.1. The van der Waals surface area contributed by atoms with E-state index in [1.165, 1.54) is 31.3 Å². The fourth-order valence-electron chi connectivity index (χ4n) is 6.48. The van der Waals surface area contributed by atoms with Crippen LogP contribution in [0.2, 0.25) is 0 Å². The van der Waals surface area contributed by atoms with Gasteiger partial charge in [0.15, 0.2) is 0 Å². The summed E-state index contributed by atoms with van der Waals surface area (Å²) < 4.78 is 5.84. The molecule has 0 amide bonds. The average Bonchev–Trinajstić information content (AvgIpc) is 2.84. The van der Waals surface area contributed by atoms with E-state index in [0.717, 1.165) is 37.4 Å². The third-order valence-electron chi connectivity index (χ3n) is 7.81. The van der Waals surface area contributed by atoms with Gasteiger partial charge in [-0.05, 0) is 66.8 Å². The molecule has 0 aromatic heterocycles. The second-order valence-electron chi connectivity index (χ2n) is 8.57. The Balaban J connectivity index is 1.67. The minimum Gasteiger partial charge on any atom is -0.396 e. The van der Waals surface area contributed by atoms with Crippen molar-refractivity contribution in [2.45, 2.75) is 46.0 Å². The van der Waals surface area contributed by atoms with Gasteiger partial charge in [-0.2, -0.15) is 0 Å². The molecule has 2 saturated carbocycles. The molecule has 1 aliphatic heterocycles. The van der Waals surface area contributed by atoms with Crippen molar-refractivity contribution in [2.24, 2.45) is 34.5 Å². The molecule has 6 atom stereocenters. The highest BCUT2D eigenvalue weighted by molar-refractivity contribution is 5.35. The maximum Gasteiger partial charge on any atom is 0.0653 e. The van der Waals surface area contributed by atoms with Crippen LogP contribution in [0.5, 0.6) is 0 Å². The summed E-state index contributed by atoms with van der Waals surface area (Å²) in [6, 6.07) is 0. The molecule has 1 N–H and O–H groups in total. The van der Waals surface area contributed by atoms with Crippen LogP contribution in [0.1, 0.15) is 46.0 Å². The zero-order chi connectivity index (χ0) is 15.4. The number of allylic oxidation sites excluding steroid dienone is 2. The minimum absolute atomic E-state index is 0.230. The van der Waals surface area contributed by atoms with Crippen molar-refractivity contribution in [3.05, 3.63) is 23.8 Å². The molecule has 0 radical (unpaired) electrons. The molecule has 122 valence electrons. The van der Waals surface area contributed by atoms with E-state index in [0.29, 0.717) is 17.9 Å². The topological polar surface area (TPSA) is 29.5 Å². The number of ether oxygens (including phenoxy) is 1. The molecule has 3 aliphatic carbocycles. The van der Waals surface area contributed by atoms with Crippen LogP contribution in [0.15, 0.2) is 23.8 Å². The zero-order valence-electron chi connectivity index (χ0n) is 14.1. The third kappa shape index (κ3) is 1.93. The Morgan fingerprint density at radius 3 is 2.91 bits per heavy atom. The Hall–Kier alpha value is -0.600. The molecule has 2 heteroatoms. The van der Waals surface area contributed by atoms with Gasteiger partial charge in [-0.3, -0.25) is 0 Å². The average molecular weight is 302 g/mol. The van der Waals surface area contributed by atoms with E-state index in [9.17, 15) is 5.11 Å². The predicted molar refractivity (Wildman–Crippen MR) is 88.4 cm³/mol. The lowest BCUT2D eigenvalue weighted by Crippen LogP contribution is -2.50. The van der Waals surface area contributed by atoms with E-state index in [1.54, 1.807) is 0 Å². The number of hydrogen-bond donors (Lipinski definition) is 1. The van der Waals surface area contributed by atoms with Gasteiger partial charge in [-0.15, -0.1) is 0 Å². The molecule has 2 fully saturated rings. The van der Waals surface area contributed by atoms with Crippen molar-refractivity contribution in [3.8, 4) is 0 Å². The SMILES string of the molecule is C[C@]12CC[C@H]3[C@@H](C=CC4=CCOC[C@@]43C)[C@@H]1CC[C@@H]2CCO. The first-order valence-corrected chi connectivity index (χ1v) is 9.17. The molecule has 4 aliphatic rings. The number of hydrogen-bond acceptors (Lipinski definition) is 2. The van der Waals surface area contributed by atoms with Crippen molar-refractivity contribution in [2.75, 3.05) is 19.8 Å². The smallest absolute Gasteiger partial charge is 0.0653 e. The van der Waals surface area contributed by atoms with Crippen LogP contribution in [0.25, 0.3) is 0 Å². The van der Waals surface area contributed by atoms with E-state index < -0.39 is 0 Å². The van der Waals surface area contributed by atoms with E-state index in [-0.39, 0.29) is 5.41 Å². The normalized spacial score (nSPS) is 50.0. The summed E-state index contributed by atoms with van der Waals surface area (Å²) in [5, 5.41) is 9.42. The summed E-state index contributed by atoms with van der Waals surface area (Å²) >= 11 is 0. The van der Waals surface area contributed by atoms with Crippen molar-refractivity contribution < 1.29 is 9.84 Å². The van der Waals surface area contributed by atoms with Crippen molar-refractivity contribution >= 4 is 0 Å². The summed E-state index contributed by atoms with van der Waals surface area (Å²) in [5.41, 5.74) is 2.20. The lowest BCUT2D eigenvalue weighted by molar-refractivity contribution is -0.0483. The molecule has 0 saturated heterocycles. The number of fused-ring (bicyclic) bond motifs is 5. The molecule has 0 unspecified atom stereocenters. The van der Waals surface area contributed by atoms with Crippen LogP contribution >= 0.6 is 0 Å². The van der Waals surface area contributed by atoms with Gasteiger partial charge in [0.05, 0.1) is 13.2 Å². The molecule has 22 heavy (non-hydrogen) atoms. The summed E-state index contributed by atoms with van der Waals surface area (Å²) in [6.07, 6.45) is 13.6. The van der Waals surface area contributed by atoms with E-state index in [2.05, 4.69) is 32.1 Å². The Bertz CT molecular complexity index is 508. The van der Waals surface area contributed by atoms with Gasteiger partial charge in [-0.25, -0.2) is 0 Å². The summed E-state index contributed by atoms with van der Waals surface area (Å²) in [7, 11) is 0. The van der Waals surface area contributed by atoms with Crippen LogP contribution in [0.4, 0.5) is 0 Å². The van der Waals surface area contributed by atoms with Crippen LogP contribution in [0.3, 0.4) is 0 Å². The molecular formula is C20H30O2. The van der Waals surface area contributed by atoms with Gasteiger partial charge >= 0.3 is 0 Å². The number of aliphatic hydroxyl groups is 1. The second kappa shape index (κ2) is 5.21. The molecule has 0 aromatic carbocycles. The molecular weight excluding hydrogens is 272 g/mol. The van der Waals surface area contributed by atoms with Crippen LogP contribution in [-0.4, -0.2) is 24.9 Å². The van der Waals surface area contributed by atoms with Crippen molar-refractivity contribution in [3.63, 3.8) is 0 Å². The molecule has 2 nitrogen and oxygen atoms in total. The number of aliphatic hydroxyl groups excluding tert-OH is 1. The highest BCUT2D eigenvalue weighted by atomic mass is 16.5. The van der Waals surface area contributed by atoms with Gasteiger partial charge < -0.3 is 9.84 Å². The van der Waals surface area contributed by atoms with Crippen molar-refractivity contribution in [1.29, 1.82) is 0 Å². The van der Waals surface area contributed by atoms with Gasteiger partial charge in [0.25, 0.3) is 0 Å². The maximum atomic E-state index is 9.42. The summed E-state index contributed by atoms with van der Waals surface area (Å²) in [4.78, 5) is 0. The Kier molecular flexibility index (Phi) is 3.54. The fourth-order valence-corrected chi connectivity index (χ4v) is 6.48. The van der Waals surface area contributed by atoms with Crippen LogP contribution in [0, 0.1) is 34.5 Å². The third-order valence-corrected chi connectivity index (χ3v) is 7.81. The largest absolute Gasteiger partial charge is 0.396 e. The van der Waals surface area contributed by atoms with Crippen molar-refractivity contribution in [1.82, 2.24) is 0 Å². The highest BCUT2D eigenvalue weighted by Gasteiger charge is 2.57. The molecule has 0 aromatic rings. The van der Waals surface area contributed by atoms with Crippen LogP contribution < -0.4 is 0 Å². The molecule has 0 spiro atoms. The van der Waals surface area contributed by atoms with Crippen LogP contribution in [-0.2, 0) is 4.74 Å². The van der Waals surface area contributed by atoms with Gasteiger partial charge in [0.2, 0.25) is 0 Å². The summed E-state index contributed by atoms with van der Waals surface area (Å²) in [5.74, 6) is 2.99. The van der Waals surface area contributed by atoms with E-state index >= 15 is 0 Å². The Labute approximate surface area is 134 Å². The highest BCUT2D eigenvalue weighted by Crippen LogP contribution is 2.64. The maximum absolute atomic E-state index is 9.42.